The maximum absolute atomic E-state index is 5.12. The third kappa shape index (κ3) is 6.89. The van der Waals surface area contributed by atoms with Crippen molar-refractivity contribution in [3.05, 3.63) is 48.5 Å². The number of ether oxygens (including phenoxy) is 2. The highest BCUT2D eigenvalue weighted by atomic mass is 16.5. The topological polar surface area (TPSA) is 18.5 Å². The van der Waals surface area contributed by atoms with Crippen LogP contribution in [-0.2, 0) is 0 Å². The molecule has 2 nitrogen and oxygen atoms in total. The molecule has 2 aromatic carbocycles. The van der Waals surface area contributed by atoms with Crippen LogP contribution < -0.4 is 20.4 Å². The van der Waals surface area contributed by atoms with E-state index in [2.05, 4.69) is 7.28 Å². The monoisotopic (exact) mass is 285 g/mol. The van der Waals surface area contributed by atoms with Crippen LogP contribution in [0.4, 0.5) is 0 Å². The summed E-state index contributed by atoms with van der Waals surface area (Å²) < 4.78 is 10.2. The van der Waals surface area contributed by atoms with Crippen LogP contribution in [0, 0.1) is 0 Å². The highest BCUT2D eigenvalue weighted by molar-refractivity contribution is 6.67. The number of rotatable bonds is 4. The van der Waals surface area contributed by atoms with Gasteiger partial charge in [0.1, 0.15) is 11.5 Å². The largest absolute Gasteiger partial charge is 0.497 e. The second-order valence-electron chi connectivity index (χ2n) is 3.69. The zero-order chi connectivity index (χ0) is 16.1. The van der Waals surface area contributed by atoms with Gasteiger partial charge in [0.05, 0.1) is 14.2 Å². The second kappa shape index (κ2) is 11.9. The fourth-order valence-electron chi connectivity index (χ4n) is 1.59. The molecule has 0 N–H and O–H groups in total. The molecule has 0 atom stereocenters. The molecule has 3 heteroatoms. The van der Waals surface area contributed by atoms with Gasteiger partial charge in [-0.2, -0.15) is 0 Å². The first kappa shape index (κ1) is 19.1. The van der Waals surface area contributed by atoms with Gasteiger partial charge in [-0.1, -0.05) is 62.9 Å². The first-order valence-corrected chi connectivity index (χ1v) is 7.44. The van der Waals surface area contributed by atoms with E-state index in [1.807, 2.05) is 76.2 Å². The number of methoxy groups -OCH3 is 2. The molecule has 113 valence electrons. The summed E-state index contributed by atoms with van der Waals surface area (Å²) in [5.41, 5.74) is 2.30. The summed E-state index contributed by atoms with van der Waals surface area (Å²) in [5.74, 6) is 1.74. The Bertz CT molecular complexity index is 418. The van der Waals surface area contributed by atoms with Crippen molar-refractivity contribution in [1.29, 1.82) is 0 Å². The van der Waals surface area contributed by atoms with Crippen molar-refractivity contribution < 1.29 is 9.47 Å². The molecule has 0 heterocycles. The molecule has 21 heavy (non-hydrogen) atoms. The van der Waals surface area contributed by atoms with E-state index in [0.717, 1.165) is 22.4 Å². The van der Waals surface area contributed by atoms with E-state index in [0.29, 0.717) is 0 Å². The second-order valence-corrected chi connectivity index (χ2v) is 3.69. The standard InChI is InChI=1S/C14H14BO2.2C2H6/c1-16-13-7-3-11(4-8-13)15-12-5-9-14(17-2)10-6-12;2*1-2/h3-10H,1-2H3;2*1-2H3. The van der Waals surface area contributed by atoms with Crippen LogP contribution in [0.5, 0.6) is 11.5 Å². The summed E-state index contributed by atoms with van der Waals surface area (Å²) in [7, 11) is 5.45. The zero-order valence-electron chi connectivity index (χ0n) is 14.0. The zero-order valence-corrected chi connectivity index (χ0v) is 14.0. The minimum Gasteiger partial charge on any atom is -0.497 e. The van der Waals surface area contributed by atoms with Crippen LogP contribution in [0.3, 0.4) is 0 Å². The molecular formula is C18H26BO2. The van der Waals surface area contributed by atoms with Crippen LogP contribution in [0.25, 0.3) is 0 Å². The van der Waals surface area contributed by atoms with E-state index in [1.54, 1.807) is 14.2 Å². The van der Waals surface area contributed by atoms with Gasteiger partial charge in [-0.05, 0) is 24.3 Å². The van der Waals surface area contributed by atoms with Crippen LogP contribution in [-0.4, -0.2) is 21.5 Å². The molecule has 0 saturated carbocycles. The maximum Gasteiger partial charge on any atom is 0.191 e. The average Bonchev–Trinajstić information content (AvgIpc) is 2.60. The molecule has 0 saturated heterocycles. The molecule has 0 aliphatic carbocycles. The van der Waals surface area contributed by atoms with E-state index in [9.17, 15) is 0 Å². The first-order chi connectivity index (χ1) is 10.3. The van der Waals surface area contributed by atoms with Crippen molar-refractivity contribution in [3.8, 4) is 11.5 Å². The van der Waals surface area contributed by atoms with Gasteiger partial charge in [-0.25, -0.2) is 0 Å². The molecule has 0 unspecified atom stereocenters. The van der Waals surface area contributed by atoms with Gasteiger partial charge in [0.2, 0.25) is 0 Å². The summed E-state index contributed by atoms with van der Waals surface area (Å²) in [5, 5.41) is 0. The van der Waals surface area contributed by atoms with Gasteiger partial charge >= 0.3 is 0 Å². The Morgan fingerprint density at radius 1 is 0.571 bits per heavy atom. The summed E-state index contributed by atoms with van der Waals surface area (Å²) >= 11 is 0. The van der Waals surface area contributed by atoms with Gasteiger partial charge in [-0.15, -0.1) is 0 Å². The van der Waals surface area contributed by atoms with Gasteiger partial charge in [-0.3, -0.25) is 0 Å². The summed E-state index contributed by atoms with van der Waals surface area (Å²) in [6.45, 7) is 8.00. The maximum atomic E-state index is 5.12. The Morgan fingerprint density at radius 2 is 0.857 bits per heavy atom. The van der Waals surface area contributed by atoms with Crippen LogP contribution in [0.1, 0.15) is 27.7 Å². The Balaban J connectivity index is 0.000000921. The van der Waals surface area contributed by atoms with Gasteiger partial charge in [0, 0.05) is 0 Å². The lowest BCUT2D eigenvalue weighted by Gasteiger charge is -2.04. The van der Waals surface area contributed by atoms with E-state index < -0.39 is 0 Å². The van der Waals surface area contributed by atoms with Crippen LogP contribution in [0.2, 0.25) is 0 Å². The van der Waals surface area contributed by atoms with Crippen molar-refractivity contribution in [2.75, 3.05) is 14.2 Å². The van der Waals surface area contributed by atoms with E-state index in [1.165, 1.54) is 0 Å². The summed E-state index contributed by atoms with van der Waals surface area (Å²) in [6.07, 6.45) is 0. The first-order valence-electron chi connectivity index (χ1n) is 7.44. The quantitative estimate of drug-likeness (QED) is 0.801. The fourth-order valence-corrected chi connectivity index (χ4v) is 1.59. The SMILES string of the molecule is CC.CC.COc1ccc([B]c2ccc(OC)cc2)cc1. The Hall–Kier alpha value is -1.90. The molecule has 0 aliphatic rings. The highest BCUT2D eigenvalue weighted by Crippen LogP contribution is 2.06. The third-order valence-corrected chi connectivity index (χ3v) is 2.56. The average molecular weight is 285 g/mol. The van der Waals surface area contributed by atoms with Crippen molar-refractivity contribution in [1.82, 2.24) is 0 Å². The minimum atomic E-state index is 0.872. The normalized spacial score (nSPS) is 8.48. The molecular weight excluding hydrogens is 259 g/mol. The third-order valence-electron chi connectivity index (χ3n) is 2.56. The Morgan fingerprint density at radius 3 is 1.10 bits per heavy atom. The lowest BCUT2D eigenvalue weighted by molar-refractivity contribution is 0.415. The molecule has 0 aliphatic heterocycles. The number of hydrogen-bond donors (Lipinski definition) is 0. The Labute approximate surface area is 130 Å². The Kier molecular flexibility index (Phi) is 10.8. The molecule has 0 bridgehead atoms. The fraction of sp³-hybridized carbons (Fsp3) is 0.333. The molecule has 0 fully saturated rings. The molecule has 0 amide bonds. The lowest BCUT2D eigenvalue weighted by atomic mass is 9.64. The van der Waals surface area contributed by atoms with E-state index in [-0.39, 0.29) is 0 Å². The summed E-state index contributed by atoms with van der Waals surface area (Å²) in [4.78, 5) is 0. The summed E-state index contributed by atoms with van der Waals surface area (Å²) in [6, 6.07) is 15.9. The molecule has 0 spiro atoms. The van der Waals surface area contributed by atoms with Crippen LogP contribution in [0.15, 0.2) is 48.5 Å². The van der Waals surface area contributed by atoms with Gasteiger partial charge < -0.3 is 9.47 Å². The number of hydrogen-bond acceptors (Lipinski definition) is 2. The van der Waals surface area contributed by atoms with E-state index >= 15 is 0 Å². The van der Waals surface area contributed by atoms with Crippen molar-refractivity contribution in [3.63, 3.8) is 0 Å². The minimum absolute atomic E-state index is 0.872. The van der Waals surface area contributed by atoms with Gasteiger partial charge in [0.15, 0.2) is 7.28 Å². The van der Waals surface area contributed by atoms with Crippen LogP contribution >= 0.6 is 0 Å². The molecule has 2 rings (SSSR count). The molecule has 1 radical (unpaired) electrons. The van der Waals surface area contributed by atoms with Gasteiger partial charge in [0.25, 0.3) is 0 Å². The number of benzene rings is 2. The smallest absolute Gasteiger partial charge is 0.191 e. The molecule has 0 aromatic heterocycles. The predicted molar refractivity (Wildman–Crippen MR) is 93.7 cm³/mol. The lowest BCUT2D eigenvalue weighted by Crippen LogP contribution is -2.26. The van der Waals surface area contributed by atoms with Crippen molar-refractivity contribution in [2.45, 2.75) is 27.7 Å². The van der Waals surface area contributed by atoms with Crippen molar-refractivity contribution >= 4 is 18.2 Å². The van der Waals surface area contributed by atoms with Crippen molar-refractivity contribution in [2.24, 2.45) is 0 Å². The highest BCUT2D eigenvalue weighted by Gasteiger charge is 2.00. The molecule has 2 aromatic rings. The predicted octanol–water partition coefficient (Wildman–Crippen LogP) is 3.41. The van der Waals surface area contributed by atoms with E-state index in [4.69, 9.17) is 9.47 Å².